The Kier molecular flexibility index (Phi) is 7.21. The number of methoxy groups -OCH3 is 2. The van der Waals surface area contributed by atoms with Crippen molar-refractivity contribution in [2.45, 2.75) is 62.9 Å². The number of carbonyl (C=O) groups is 6. The summed E-state index contributed by atoms with van der Waals surface area (Å²) in [6, 6.07) is 5.23. The quantitative estimate of drug-likeness (QED) is 0.357. The van der Waals surface area contributed by atoms with Crippen LogP contribution in [0.4, 0.5) is 0 Å². The summed E-state index contributed by atoms with van der Waals surface area (Å²) >= 11 is 0. The largest absolute Gasteiger partial charge is 0.506 e. The molecule has 242 valence electrons. The summed E-state index contributed by atoms with van der Waals surface area (Å²) in [5.41, 5.74) is -4.69. The van der Waals surface area contributed by atoms with Crippen molar-refractivity contribution in [2.24, 2.45) is 11.8 Å². The SMILES string of the molecule is COC(=O)[C@]1([C@@H]2OC(=O)C[C@@H]2C)CC(=O)c2c(ccc(-c3ccc4c(c3O)C(=O)C[C@](C(=O)OC)([C@@H]3OC(=O)C[C@@H]3C)O4)c2O)O1. The summed E-state index contributed by atoms with van der Waals surface area (Å²) in [5.74, 6) is -6.98. The number of aromatic hydroxyl groups is 2. The molecule has 4 heterocycles. The molecule has 2 aromatic rings. The first-order chi connectivity index (χ1) is 21.8. The molecular weight excluding hydrogens is 608 g/mol. The topological polar surface area (TPSA) is 198 Å². The van der Waals surface area contributed by atoms with Crippen molar-refractivity contribution in [3.63, 3.8) is 0 Å². The number of phenolic OH excluding ortho intramolecular Hbond substituents is 2. The average Bonchev–Trinajstić information content (AvgIpc) is 3.55. The molecule has 14 nitrogen and oxygen atoms in total. The lowest BCUT2D eigenvalue weighted by Gasteiger charge is -2.40. The van der Waals surface area contributed by atoms with Crippen molar-refractivity contribution in [1.29, 1.82) is 0 Å². The monoisotopic (exact) mass is 638 g/mol. The molecule has 0 spiro atoms. The number of Topliss-reactive ketones (excluding diaryl/α,β-unsaturated/α-hetero) is 2. The lowest BCUT2D eigenvalue weighted by molar-refractivity contribution is -0.178. The van der Waals surface area contributed by atoms with E-state index in [1.165, 1.54) is 24.3 Å². The van der Waals surface area contributed by atoms with Gasteiger partial charge in [-0.2, -0.15) is 0 Å². The van der Waals surface area contributed by atoms with Gasteiger partial charge >= 0.3 is 23.9 Å². The Morgan fingerprint density at radius 3 is 1.37 bits per heavy atom. The molecule has 0 aromatic heterocycles. The predicted molar refractivity (Wildman–Crippen MR) is 151 cm³/mol. The Bertz CT molecular complexity index is 1600. The van der Waals surface area contributed by atoms with E-state index in [2.05, 4.69) is 0 Å². The zero-order chi connectivity index (χ0) is 33.3. The Morgan fingerprint density at radius 2 is 1.07 bits per heavy atom. The summed E-state index contributed by atoms with van der Waals surface area (Å²) in [4.78, 5) is 77.2. The molecular formula is C32H30O14. The number of fused-ring (bicyclic) bond motifs is 2. The second-order valence-electron chi connectivity index (χ2n) is 12.0. The fourth-order valence-corrected chi connectivity index (χ4v) is 6.99. The molecule has 0 unspecified atom stereocenters. The van der Waals surface area contributed by atoms with Crippen LogP contribution in [0.1, 0.15) is 60.2 Å². The van der Waals surface area contributed by atoms with Gasteiger partial charge in [0.15, 0.2) is 23.8 Å². The Labute approximate surface area is 261 Å². The fourth-order valence-electron chi connectivity index (χ4n) is 6.99. The van der Waals surface area contributed by atoms with Crippen LogP contribution in [0.5, 0.6) is 23.0 Å². The number of carbonyl (C=O) groups excluding carboxylic acids is 6. The van der Waals surface area contributed by atoms with Crippen LogP contribution < -0.4 is 9.47 Å². The highest BCUT2D eigenvalue weighted by atomic mass is 16.6. The third-order valence-electron chi connectivity index (χ3n) is 9.07. The van der Waals surface area contributed by atoms with E-state index < -0.39 is 95.0 Å². The molecule has 14 heteroatoms. The standard InChI is InChI=1S/C32H30O14/c1-13-9-21(35)43-27(13)31(29(39)41-3)11-17(33)23-19(45-31)7-5-15(25(23)37)16-6-8-20-24(26(16)38)18(34)12-32(46-20,30(40)42-4)28-14(2)10-22(36)44-28/h5-8,13-14,27-28,37-38H,9-12H2,1-4H3/t13-,14-,27+,28+,31+,32+/m0/s1. The number of ether oxygens (including phenoxy) is 6. The van der Waals surface area contributed by atoms with Gasteiger partial charge in [-0.25, -0.2) is 9.59 Å². The lowest BCUT2D eigenvalue weighted by Crippen LogP contribution is -2.59. The highest BCUT2D eigenvalue weighted by Crippen LogP contribution is 2.51. The van der Waals surface area contributed by atoms with Crippen molar-refractivity contribution < 1.29 is 67.4 Å². The van der Waals surface area contributed by atoms with E-state index in [4.69, 9.17) is 28.4 Å². The highest BCUT2D eigenvalue weighted by Gasteiger charge is 2.61. The minimum absolute atomic E-state index is 0.00360. The summed E-state index contributed by atoms with van der Waals surface area (Å²) in [7, 11) is 2.21. The molecule has 6 rings (SSSR count). The normalized spacial score (nSPS) is 29.9. The van der Waals surface area contributed by atoms with Crippen LogP contribution in [0.15, 0.2) is 24.3 Å². The van der Waals surface area contributed by atoms with Crippen molar-refractivity contribution in [2.75, 3.05) is 14.2 Å². The molecule has 6 atom stereocenters. The average molecular weight is 639 g/mol. The van der Waals surface area contributed by atoms with Gasteiger partial charge in [-0.15, -0.1) is 0 Å². The maximum Gasteiger partial charge on any atom is 0.354 e. The molecule has 46 heavy (non-hydrogen) atoms. The minimum atomic E-state index is -1.99. The van der Waals surface area contributed by atoms with Gasteiger partial charge in [0.2, 0.25) is 11.2 Å². The predicted octanol–water partition coefficient (Wildman–Crippen LogP) is 2.42. The van der Waals surface area contributed by atoms with Crippen LogP contribution in [0, 0.1) is 11.8 Å². The van der Waals surface area contributed by atoms with E-state index in [1.54, 1.807) is 13.8 Å². The molecule has 2 N–H and O–H groups in total. The Balaban J connectivity index is 1.39. The van der Waals surface area contributed by atoms with Gasteiger partial charge in [-0.1, -0.05) is 13.8 Å². The van der Waals surface area contributed by atoms with Crippen LogP contribution >= 0.6 is 0 Å². The number of hydrogen-bond acceptors (Lipinski definition) is 14. The van der Waals surface area contributed by atoms with Crippen molar-refractivity contribution in [1.82, 2.24) is 0 Å². The summed E-state index contributed by atoms with van der Waals surface area (Å²) in [6.45, 7) is 3.34. The zero-order valence-electron chi connectivity index (χ0n) is 25.2. The van der Waals surface area contributed by atoms with Crippen LogP contribution in [0.2, 0.25) is 0 Å². The van der Waals surface area contributed by atoms with Crippen molar-refractivity contribution in [3.05, 3.63) is 35.4 Å². The van der Waals surface area contributed by atoms with Crippen LogP contribution in [-0.4, -0.2) is 83.3 Å². The number of ketones is 2. The van der Waals surface area contributed by atoms with Gasteiger partial charge in [0.05, 0.1) is 39.9 Å². The van der Waals surface area contributed by atoms with Gasteiger partial charge in [0, 0.05) is 23.0 Å². The molecule has 2 saturated heterocycles. The third-order valence-corrected chi connectivity index (χ3v) is 9.07. The van der Waals surface area contributed by atoms with E-state index in [0.29, 0.717) is 0 Å². The number of hydrogen-bond donors (Lipinski definition) is 2. The summed E-state index contributed by atoms with van der Waals surface area (Å²) in [5, 5.41) is 22.6. The molecule has 2 aromatic carbocycles. The van der Waals surface area contributed by atoms with E-state index in [9.17, 15) is 39.0 Å². The fraction of sp³-hybridized carbons (Fsp3) is 0.438. The van der Waals surface area contributed by atoms with Gasteiger partial charge in [0.1, 0.15) is 34.1 Å². The van der Waals surface area contributed by atoms with E-state index in [0.717, 1.165) is 14.2 Å². The Hall–Kier alpha value is -5.14. The maximum absolute atomic E-state index is 13.6. The molecule has 0 amide bonds. The van der Waals surface area contributed by atoms with Crippen LogP contribution in [0.25, 0.3) is 11.1 Å². The summed E-state index contributed by atoms with van der Waals surface area (Å²) in [6.07, 6.45) is -3.49. The number of esters is 4. The molecule has 4 aliphatic heterocycles. The number of cyclic esters (lactones) is 2. The van der Waals surface area contributed by atoms with Gasteiger partial charge in [-0.05, 0) is 24.3 Å². The minimum Gasteiger partial charge on any atom is -0.506 e. The highest BCUT2D eigenvalue weighted by molar-refractivity contribution is 6.10. The first-order valence-corrected chi connectivity index (χ1v) is 14.5. The molecule has 0 aliphatic carbocycles. The summed E-state index contributed by atoms with van der Waals surface area (Å²) < 4.78 is 32.7. The van der Waals surface area contributed by atoms with Gasteiger partial charge in [0.25, 0.3) is 0 Å². The second kappa shape index (κ2) is 10.7. The van der Waals surface area contributed by atoms with Crippen molar-refractivity contribution >= 4 is 35.4 Å². The molecule has 2 fully saturated rings. The zero-order valence-corrected chi connectivity index (χ0v) is 25.2. The van der Waals surface area contributed by atoms with Crippen molar-refractivity contribution in [3.8, 4) is 34.1 Å². The molecule has 0 bridgehead atoms. The van der Waals surface area contributed by atoms with Crippen LogP contribution in [-0.2, 0) is 38.1 Å². The Morgan fingerprint density at radius 1 is 0.696 bits per heavy atom. The number of rotatable bonds is 5. The smallest absolute Gasteiger partial charge is 0.354 e. The number of benzene rings is 2. The maximum atomic E-state index is 13.6. The molecule has 0 radical (unpaired) electrons. The number of phenols is 2. The lowest BCUT2D eigenvalue weighted by atomic mass is 9.79. The second-order valence-corrected chi connectivity index (χ2v) is 12.0. The van der Waals surface area contributed by atoms with Crippen LogP contribution in [0.3, 0.4) is 0 Å². The first-order valence-electron chi connectivity index (χ1n) is 14.5. The van der Waals surface area contributed by atoms with E-state index in [-0.39, 0.29) is 46.6 Å². The van der Waals surface area contributed by atoms with E-state index >= 15 is 0 Å². The first kappa shape index (κ1) is 30.9. The molecule has 4 aliphatic rings. The third kappa shape index (κ3) is 4.37. The van der Waals surface area contributed by atoms with E-state index in [1.807, 2.05) is 0 Å². The van der Waals surface area contributed by atoms with Gasteiger partial charge < -0.3 is 38.6 Å². The molecule has 0 saturated carbocycles. The van der Waals surface area contributed by atoms with Gasteiger partial charge in [-0.3, -0.25) is 19.2 Å².